The first-order valence-corrected chi connectivity index (χ1v) is 5.84. The molecule has 0 saturated heterocycles. The van der Waals surface area contributed by atoms with Crippen LogP contribution in [0.5, 0.6) is 0 Å². The van der Waals surface area contributed by atoms with Crippen LogP contribution in [-0.2, 0) is 13.1 Å². The van der Waals surface area contributed by atoms with Gasteiger partial charge < -0.3 is 9.88 Å². The average Bonchev–Trinajstić information content (AvgIpc) is 2.83. The fraction of sp³-hybridized carbons (Fsp3) is 0.364. The van der Waals surface area contributed by atoms with Gasteiger partial charge >= 0.3 is 0 Å². The lowest BCUT2D eigenvalue weighted by molar-refractivity contribution is -0.385. The highest BCUT2D eigenvalue weighted by atomic mass is 16.6. The molecule has 19 heavy (non-hydrogen) atoms. The predicted octanol–water partition coefficient (Wildman–Crippen LogP) is 1.52. The number of nitrogens with one attached hydrogen (secondary N) is 1. The molecule has 0 spiro atoms. The standard InChI is InChI=1S/C11H14N6O2/c1-3-16-7-13-15-11(16)6-12-10-5-4-9(17(18)19)8(2)14-10/h4-5,7H,3,6H2,1-2H3,(H,12,14). The first-order chi connectivity index (χ1) is 9.11. The van der Waals surface area contributed by atoms with Gasteiger partial charge in [0.2, 0.25) is 0 Å². The van der Waals surface area contributed by atoms with Crippen LogP contribution in [0.15, 0.2) is 18.5 Å². The van der Waals surface area contributed by atoms with E-state index in [1.54, 1.807) is 19.3 Å². The fourth-order valence-corrected chi connectivity index (χ4v) is 1.69. The second kappa shape index (κ2) is 5.42. The summed E-state index contributed by atoms with van der Waals surface area (Å²) < 4.78 is 1.91. The van der Waals surface area contributed by atoms with Gasteiger partial charge in [0, 0.05) is 12.6 Å². The van der Waals surface area contributed by atoms with Gasteiger partial charge in [0.1, 0.15) is 17.8 Å². The first-order valence-electron chi connectivity index (χ1n) is 5.84. The minimum absolute atomic E-state index is 0.0160. The Morgan fingerprint density at radius 2 is 2.26 bits per heavy atom. The molecule has 2 aromatic heterocycles. The minimum Gasteiger partial charge on any atom is -0.363 e. The maximum atomic E-state index is 10.7. The number of pyridine rings is 1. The molecule has 2 aromatic rings. The summed E-state index contributed by atoms with van der Waals surface area (Å²) in [6.07, 6.45) is 1.66. The zero-order chi connectivity index (χ0) is 13.8. The number of nitro groups is 1. The summed E-state index contributed by atoms with van der Waals surface area (Å²) in [7, 11) is 0. The van der Waals surface area contributed by atoms with Gasteiger partial charge in [-0.3, -0.25) is 10.1 Å². The van der Waals surface area contributed by atoms with Gasteiger partial charge in [0.05, 0.1) is 11.5 Å². The molecular formula is C11H14N6O2. The van der Waals surface area contributed by atoms with E-state index < -0.39 is 4.92 Å². The molecule has 8 heteroatoms. The van der Waals surface area contributed by atoms with E-state index in [0.717, 1.165) is 12.4 Å². The summed E-state index contributed by atoms with van der Waals surface area (Å²) in [5, 5.41) is 21.6. The van der Waals surface area contributed by atoms with Crippen molar-refractivity contribution in [2.24, 2.45) is 0 Å². The average molecular weight is 262 g/mol. The number of aromatic nitrogens is 4. The Morgan fingerprint density at radius 3 is 2.89 bits per heavy atom. The van der Waals surface area contributed by atoms with Crippen LogP contribution in [0, 0.1) is 17.0 Å². The zero-order valence-corrected chi connectivity index (χ0v) is 10.7. The molecule has 100 valence electrons. The largest absolute Gasteiger partial charge is 0.363 e. The molecule has 0 fully saturated rings. The van der Waals surface area contributed by atoms with Crippen molar-refractivity contribution in [3.05, 3.63) is 40.1 Å². The van der Waals surface area contributed by atoms with E-state index >= 15 is 0 Å². The lowest BCUT2D eigenvalue weighted by Crippen LogP contribution is -2.09. The highest BCUT2D eigenvalue weighted by Gasteiger charge is 2.12. The Labute approximate surface area is 109 Å². The molecule has 0 radical (unpaired) electrons. The molecule has 2 rings (SSSR count). The molecule has 0 aliphatic heterocycles. The normalized spacial score (nSPS) is 10.4. The molecule has 0 aromatic carbocycles. The molecule has 0 bridgehead atoms. The predicted molar refractivity (Wildman–Crippen MR) is 68.7 cm³/mol. The molecule has 2 heterocycles. The van der Waals surface area contributed by atoms with Gasteiger partial charge in [-0.2, -0.15) is 0 Å². The molecule has 0 unspecified atom stereocenters. The molecule has 0 saturated carbocycles. The third-order valence-electron chi connectivity index (χ3n) is 2.72. The molecule has 1 N–H and O–H groups in total. The van der Waals surface area contributed by atoms with Crippen molar-refractivity contribution in [2.45, 2.75) is 26.9 Å². The van der Waals surface area contributed by atoms with Crippen molar-refractivity contribution in [3.63, 3.8) is 0 Å². The number of anilines is 1. The van der Waals surface area contributed by atoms with Gasteiger partial charge in [0.15, 0.2) is 5.82 Å². The van der Waals surface area contributed by atoms with E-state index in [4.69, 9.17) is 0 Å². The maximum absolute atomic E-state index is 10.7. The van der Waals surface area contributed by atoms with Crippen molar-refractivity contribution < 1.29 is 4.92 Å². The van der Waals surface area contributed by atoms with Crippen LogP contribution in [0.1, 0.15) is 18.4 Å². The number of nitrogens with zero attached hydrogens (tertiary/aromatic N) is 5. The van der Waals surface area contributed by atoms with E-state index in [0.29, 0.717) is 18.1 Å². The van der Waals surface area contributed by atoms with Crippen LogP contribution in [0.3, 0.4) is 0 Å². The summed E-state index contributed by atoms with van der Waals surface area (Å²) >= 11 is 0. The van der Waals surface area contributed by atoms with E-state index in [2.05, 4.69) is 20.5 Å². The van der Waals surface area contributed by atoms with Crippen LogP contribution >= 0.6 is 0 Å². The van der Waals surface area contributed by atoms with Gasteiger partial charge in [-0.15, -0.1) is 10.2 Å². The highest BCUT2D eigenvalue weighted by Crippen LogP contribution is 2.17. The van der Waals surface area contributed by atoms with Gasteiger partial charge in [-0.1, -0.05) is 0 Å². The molecular weight excluding hydrogens is 248 g/mol. The van der Waals surface area contributed by atoms with E-state index in [1.807, 2.05) is 11.5 Å². The summed E-state index contributed by atoms with van der Waals surface area (Å²) in [6, 6.07) is 3.02. The van der Waals surface area contributed by atoms with E-state index in [1.165, 1.54) is 6.07 Å². The SMILES string of the molecule is CCn1cnnc1CNc1ccc([N+](=O)[O-])c(C)n1. The van der Waals surface area contributed by atoms with Gasteiger partial charge in [-0.05, 0) is 19.9 Å². The summed E-state index contributed by atoms with van der Waals surface area (Å²) in [4.78, 5) is 14.4. The van der Waals surface area contributed by atoms with Crippen molar-refractivity contribution in [1.29, 1.82) is 0 Å². The topological polar surface area (TPSA) is 98.8 Å². The minimum atomic E-state index is -0.445. The van der Waals surface area contributed by atoms with Crippen molar-refractivity contribution >= 4 is 11.5 Å². The third-order valence-corrected chi connectivity index (χ3v) is 2.72. The lowest BCUT2D eigenvalue weighted by atomic mass is 10.3. The molecule has 0 aliphatic rings. The summed E-state index contributed by atoms with van der Waals surface area (Å²) in [5.74, 6) is 1.37. The molecule has 8 nitrogen and oxygen atoms in total. The first kappa shape index (κ1) is 12.9. The van der Waals surface area contributed by atoms with Crippen molar-refractivity contribution in [1.82, 2.24) is 19.7 Å². The smallest absolute Gasteiger partial charge is 0.290 e. The van der Waals surface area contributed by atoms with Gasteiger partial charge in [0.25, 0.3) is 5.69 Å². The third kappa shape index (κ3) is 2.84. The molecule has 0 aliphatic carbocycles. The second-order valence-corrected chi connectivity index (χ2v) is 3.94. The van der Waals surface area contributed by atoms with Gasteiger partial charge in [-0.25, -0.2) is 4.98 Å². The Morgan fingerprint density at radius 1 is 1.47 bits per heavy atom. The second-order valence-electron chi connectivity index (χ2n) is 3.94. The van der Waals surface area contributed by atoms with Crippen LogP contribution in [0.4, 0.5) is 11.5 Å². The number of rotatable bonds is 5. The maximum Gasteiger partial charge on any atom is 0.290 e. The van der Waals surface area contributed by atoms with Crippen LogP contribution in [0.2, 0.25) is 0 Å². The number of hydrogen-bond donors (Lipinski definition) is 1. The zero-order valence-electron chi connectivity index (χ0n) is 10.7. The Balaban J connectivity index is 2.08. The molecule has 0 atom stereocenters. The highest BCUT2D eigenvalue weighted by molar-refractivity contribution is 5.44. The van der Waals surface area contributed by atoms with Crippen LogP contribution < -0.4 is 5.32 Å². The number of aryl methyl sites for hydroxylation is 2. The van der Waals surface area contributed by atoms with Crippen LogP contribution in [-0.4, -0.2) is 24.7 Å². The number of hydrogen-bond acceptors (Lipinski definition) is 6. The Hall–Kier alpha value is -2.51. The van der Waals surface area contributed by atoms with Crippen LogP contribution in [0.25, 0.3) is 0 Å². The van der Waals surface area contributed by atoms with E-state index in [9.17, 15) is 10.1 Å². The monoisotopic (exact) mass is 262 g/mol. The van der Waals surface area contributed by atoms with E-state index in [-0.39, 0.29) is 5.69 Å². The van der Waals surface area contributed by atoms with Crippen molar-refractivity contribution in [2.75, 3.05) is 5.32 Å². The van der Waals surface area contributed by atoms with Crippen molar-refractivity contribution in [3.8, 4) is 0 Å². The summed E-state index contributed by atoms with van der Waals surface area (Å²) in [5.41, 5.74) is 0.397. The quantitative estimate of drug-likeness (QED) is 0.648. The summed E-state index contributed by atoms with van der Waals surface area (Å²) in [6.45, 7) is 4.87. The Kier molecular flexibility index (Phi) is 3.69. The Bertz CT molecular complexity index is 595. The molecule has 0 amide bonds. The fourth-order valence-electron chi connectivity index (χ4n) is 1.69. The lowest BCUT2D eigenvalue weighted by Gasteiger charge is -2.07.